The highest BCUT2D eigenvalue weighted by Gasteiger charge is 2.21. The molecule has 1 aliphatic rings. The van der Waals surface area contributed by atoms with Crippen LogP contribution in [0.15, 0.2) is 71.6 Å². The van der Waals surface area contributed by atoms with Crippen molar-refractivity contribution < 1.29 is 13.2 Å². The van der Waals surface area contributed by atoms with E-state index in [0.29, 0.717) is 17.2 Å². The molecule has 0 aliphatic carbocycles. The van der Waals surface area contributed by atoms with Crippen LogP contribution in [0.1, 0.15) is 5.56 Å². The van der Waals surface area contributed by atoms with Gasteiger partial charge in [-0.1, -0.05) is 48.5 Å². The Hall–Kier alpha value is -2.41. The van der Waals surface area contributed by atoms with Crippen molar-refractivity contribution in [1.29, 1.82) is 0 Å². The van der Waals surface area contributed by atoms with Gasteiger partial charge in [0.2, 0.25) is 0 Å². The summed E-state index contributed by atoms with van der Waals surface area (Å²) in [5.41, 5.74) is 1.35. The molecule has 0 amide bonds. The second-order valence-corrected chi connectivity index (χ2v) is 9.86. The van der Waals surface area contributed by atoms with Crippen LogP contribution in [0.5, 0.6) is 5.75 Å². The van der Waals surface area contributed by atoms with Gasteiger partial charge in [-0.15, -0.1) is 0 Å². The van der Waals surface area contributed by atoms with Crippen molar-refractivity contribution in [2.75, 3.05) is 45.6 Å². The summed E-state index contributed by atoms with van der Waals surface area (Å²) in [6.07, 6.45) is 0. The summed E-state index contributed by atoms with van der Waals surface area (Å²) in [5, 5.41) is 2.59. The van der Waals surface area contributed by atoms with E-state index in [1.807, 2.05) is 0 Å². The Balaban J connectivity index is 1.31. The number of piperazine rings is 1. The summed E-state index contributed by atoms with van der Waals surface area (Å²) in [4.78, 5) is 5.03. The van der Waals surface area contributed by atoms with Gasteiger partial charge in [-0.05, 0) is 34.5 Å². The number of hydrogen-bond donors (Lipinski definition) is 0. The first-order valence-corrected chi connectivity index (χ1v) is 12.0. The number of nitrogens with zero attached hydrogens (tertiary/aromatic N) is 2. The molecule has 0 N–H and O–H groups in total. The number of fused-ring (bicyclic) bond motifs is 1. The van der Waals surface area contributed by atoms with Crippen molar-refractivity contribution >= 4 is 20.6 Å². The number of hydrogen-bond acceptors (Lipinski definition) is 5. The van der Waals surface area contributed by atoms with Crippen LogP contribution in [0.2, 0.25) is 0 Å². The van der Waals surface area contributed by atoms with Gasteiger partial charge in [-0.25, -0.2) is 8.42 Å². The van der Waals surface area contributed by atoms with Crippen LogP contribution in [0, 0.1) is 0 Å². The SMILES string of the molecule is COc1cccc(S(=O)(=O)CCN2CCN(Cc3cccc4ccccc34)CC2)c1. The van der Waals surface area contributed by atoms with E-state index < -0.39 is 9.84 Å². The van der Waals surface area contributed by atoms with Gasteiger partial charge in [-0.3, -0.25) is 9.80 Å². The smallest absolute Gasteiger partial charge is 0.179 e. The number of ether oxygens (including phenoxy) is 1. The number of methoxy groups -OCH3 is 1. The van der Waals surface area contributed by atoms with E-state index in [2.05, 4.69) is 52.3 Å². The molecule has 1 aliphatic heterocycles. The average molecular weight is 425 g/mol. The van der Waals surface area contributed by atoms with Crippen LogP contribution < -0.4 is 4.74 Å². The Morgan fingerprint density at radius 3 is 2.37 bits per heavy atom. The van der Waals surface area contributed by atoms with E-state index in [-0.39, 0.29) is 5.75 Å². The molecule has 0 spiro atoms. The summed E-state index contributed by atoms with van der Waals surface area (Å²) in [6, 6.07) is 21.7. The molecule has 0 radical (unpaired) electrons. The highest BCUT2D eigenvalue weighted by molar-refractivity contribution is 7.91. The first-order chi connectivity index (χ1) is 14.5. The van der Waals surface area contributed by atoms with Crippen LogP contribution in [0.4, 0.5) is 0 Å². The molecule has 3 aromatic rings. The van der Waals surface area contributed by atoms with Crippen molar-refractivity contribution in [2.24, 2.45) is 0 Å². The summed E-state index contributed by atoms with van der Waals surface area (Å²) < 4.78 is 30.5. The minimum atomic E-state index is -3.31. The Morgan fingerprint density at radius 1 is 0.867 bits per heavy atom. The van der Waals surface area contributed by atoms with E-state index in [4.69, 9.17) is 4.74 Å². The molecule has 6 heteroatoms. The van der Waals surface area contributed by atoms with E-state index in [1.165, 1.54) is 16.3 Å². The highest BCUT2D eigenvalue weighted by Crippen LogP contribution is 2.21. The molecule has 1 fully saturated rings. The second kappa shape index (κ2) is 9.16. The first kappa shape index (κ1) is 20.8. The van der Waals surface area contributed by atoms with Crippen LogP contribution in [-0.2, 0) is 16.4 Å². The fourth-order valence-corrected chi connectivity index (χ4v) is 5.32. The van der Waals surface area contributed by atoms with Gasteiger partial charge in [-0.2, -0.15) is 0 Å². The number of sulfone groups is 1. The normalized spacial score (nSPS) is 16.0. The lowest BCUT2D eigenvalue weighted by Gasteiger charge is -2.34. The van der Waals surface area contributed by atoms with E-state index in [9.17, 15) is 8.42 Å². The van der Waals surface area contributed by atoms with Gasteiger partial charge in [0.05, 0.1) is 17.8 Å². The molecule has 0 unspecified atom stereocenters. The third kappa shape index (κ3) is 4.83. The van der Waals surface area contributed by atoms with Crippen molar-refractivity contribution in [3.8, 4) is 5.75 Å². The largest absolute Gasteiger partial charge is 0.497 e. The molecule has 3 aromatic carbocycles. The Kier molecular flexibility index (Phi) is 6.37. The zero-order valence-corrected chi connectivity index (χ0v) is 18.1. The monoisotopic (exact) mass is 424 g/mol. The zero-order chi connectivity index (χ0) is 21.0. The lowest BCUT2D eigenvalue weighted by molar-refractivity contribution is 0.133. The van der Waals surface area contributed by atoms with Gasteiger partial charge in [0.25, 0.3) is 0 Å². The summed E-state index contributed by atoms with van der Waals surface area (Å²) >= 11 is 0. The van der Waals surface area contributed by atoms with Crippen LogP contribution in [0.25, 0.3) is 10.8 Å². The van der Waals surface area contributed by atoms with Crippen LogP contribution >= 0.6 is 0 Å². The molecule has 4 rings (SSSR count). The van der Waals surface area contributed by atoms with Crippen molar-refractivity contribution in [2.45, 2.75) is 11.4 Å². The Labute approximate surface area is 178 Å². The highest BCUT2D eigenvalue weighted by atomic mass is 32.2. The molecule has 5 nitrogen and oxygen atoms in total. The Morgan fingerprint density at radius 2 is 1.57 bits per heavy atom. The van der Waals surface area contributed by atoms with Crippen LogP contribution in [0.3, 0.4) is 0 Å². The maximum Gasteiger partial charge on any atom is 0.179 e. The van der Waals surface area contributed by atoms with Gasteiger partial charge in [0, 0.05) is 39.3 Å². The maximum atomic E-state index is 12.7. The lowest BCUT2D eigenvalue weighted by atomic mass is 10.0. The Bertz CT molecular complexity index is 1100. The molecule has 30 heavy (non-hydrogen) atoms. The zero-order valence-electron chi connectivity index (χ0n) is 17.3. The third-order valence-electron chi connectivity index (χ3n) is 5.82. The molecule has 0 aromatic heterocycles. The predicted molar refractivity (Wildman–Crippen MR) is 121 cm³/mol. The molecule has 0 bridgehead atoms. The number of benzene rings is 3. The summed E-state index contributed by atoms with van der Waals surface area (Å²) in [7, 11) is -1.77. The quantitative estimate of drug-likeness (QED) is 0.582. The van der Waals surface area contributed by atoms with Gasteiger partial charge < -0.3 is 4.74 Å². The fourth-order valence-electron chi connectivity index (χ4n) is 4.00. The van der Waals surface area contributed by atoms with E-state index in [0.717, 1.165) is 32.7 Å². The molecule has 158 valence electrons. The standard InChI is InChI=1S/C24H28N2O3S/c1-29-22-9-5-10-23(18-22)30(27,28)17-16-25-12-14-26(15-13-25)19-21-8-4-7-20-6-2-3-11-24(20)21/h2-11,18H,12-17,19H2,1H3. The van der Waals surface area contributed by atoms with Gasteiger partial charge >= 0.3 is 0 Å². The van der Waals surface area contributed by atoms with E-state index >= 15 is 0 Å². The minimum Gasteiger partial charge on any atom is -0.497 e. The van der Waals surface area contributed by atoms with E-state index in [1.54, 1.807) is 31.4 Å². The topological polar surface area (TPSA) is 49.9 Å². The van der Waals surface area contributed by atoms with Gasteiger partial charge in [0.1, 0.15) is 5.75 Å². The predicted octanol–water partition coefficient (Wildman–Crippen LogP) is 3.44. The number of rotatable bonds is 7. The first-order valence-electron chi connectivity index (χ1n) is 10.3. The molecule has 0 saturated carbocycles. The second-order valence-electron chi connectivity index (χ2n) is 7.75. The molecular weight excluding hydrogens is 396 g/mol. The molecule has 1 heterocycles. The summed E-state index contributed by atoms with van der Waals surface area (Å²) in [5.74, 6) is 0.696. The third-order valence-corrected chi connectivity index (χ3v) is 7.51. The summed E-state index contributed by atoms with van der Waals surface area (Å²) in [6.45, 7) is 5.15. The van der Waals surface area contributed by atoms with Crippen molar-refractivity contribution in [3.63, 3.8) is 0 Å². The van der Waals surface area contributed by atoms with Gasteiger partial charge in [0.15, 0.2) is 9.84 Å². The maximum absolute atomic E-state index is 12.7. The van der Waals surface area contributed by atoms with Crippen molar-refractivity contribution in [1.82, 2.24) is 9.80 Å². The molecule has 0 atom stereocenters. The minimum absolute atomic E-state index is 0.128. The lowest BCUT2D eigenvalue weighted by Crippen LogP contribution is -2.47. The average Bonchev–Trinajstić information content (AvgIpc) is 2.79. The molecular formula is C24H28N2O3S. The molecule has 1 saturated heterocycles. The fraction of sp³-hybridized carbons (Fsp3) is 0.333. The van der Waals surface area contributed by atoms with Crippen LogP contribution in [-0.4, -0.2) is 63.8 Å². The van der Waals surface area contributed by atoms with Crippen molar-refractivity contribution in [3.05, 3.63) is 72.3 Å².